The summed E-state index contributed by atoms with van der Waals surface area (Å²) in [6.07, 6.45) is 2.09. The van der Waals surface area contributed by atoms with E-state index in [0.717, 1.165) is 19.1 Å². The van der Waals surface area contributed by atoms with Crippen molar-refractivity contribution in [2.75, 3.05) is 13.7 Å². The smallest absolute Gasteiger partial charge is 0.408 e. The zero-order valence-corrected chi connectivity index (χ0v) is 26.4. The van der Waals surface area contributed by atoms with Crippen molar-refractivity contribution in [1.29, 1.82) is 0 Å². The first-order chi connectivity index (χ1) is 21.3. The number of fused-ring (bicyclic) bond motifs is 7. The molecular formula is C33H42F2N4O6. The van der Waals surface area contributed by atoms with Gasteiger partial charge in [-0.25, -0.2) is 23.5 Å². The zero-order valence-electron chi connectivity index (χ0n) is 26.4. The van der Waals surface area contributed by atoms with Gasteiger partial charge < -0.3 is 29.2 Å². The molecule has 2 amide bonds. The predicted molar refractivity (Wildman–Crippen MR) is 160 cm³/mol. The van der Waals surface area contributed by atoms with Gasteiger partial charge in [-0.05, 0) is 43.2 Å². The third kappa shape index (κ3) is 5.80. The second kappa shape index (κ2) is 11.7. The molecule has 3 fully saturated rings. The molecule has 12 heteroatoms. The fourth-order valence-electron chi connectivity index (χ4n) is 7.56. The Morgan fingerprint density at radius 1 is 1.09 bits per heavy atom. The van der Waals surface area contributed by atoms with Crippen LogP contribution in [0.15, 0.2) is 18.2 Å². The molecule has 2 unspecified atom stereocenters. The highest BCUT2D eigenvalue weighted by atomic mass is 19.3. The van der Waals surface area contributed by atoms with Crippen LogP contribution in [-0.2, 0) is 20.7 Å². The molecule has 3 heterocycles. The normalized spacial score (nSPS) is 33.4. The molecular weight excluding hydrogens is 586 g/mol. The van der Waals surface area contributed by atoms with E-state index in [1.54, 1.807) is 13.2 Å². The molecule has 0 radical (unpaired) electrons. The van der Waals surface area contributed by atoms with E-state index < -0.39 is 65.4 Å². The number of hydrogen-bond donors (Lipinski definition) is 1. The van der Waals surface area contributed by atoms with E-state index >= 15 is 0 Å². The maximum atomic E-state index is 14.5. The maximum Gasteiger partial charge on any atom is 0.408 e. The Labute approximate surface area is 261 Å². The van der Waals surface area contributed by atoms with Gasteiger partial charge in [-0.3, -0.25) is 4.79 Å². The molecule has 4 aliphatic rings. The van der Waals surface area contributed by atoms with E-state index in [1.807, 2.05) is 39.8 Å². The van der Waals surface area contributed by atoms with Crippen LogP contribution >= 0.6 is 0 Å². The summed E-state index contributed by atoms with van der Waals surface area (Å²) in [6.45, 7) is 7.39. The van der Waals surface area contributed by atoms with Gasteiger partial charge in [0.2, 0.25) is 11.8 Å². The molecule has 8 atom stereocenters. The average Bonchev–Trinajstić information content (AvgIpc) is 3.23. The Morgan fingerprint density at radius 3 is 2.58 bits per heavy atom. The Hall–Kier alpha value is -3.57. The molecule has 244 valence electrons. The number of amides is 2. The van der Waals surface area contributed by atoms with Crippen LogP contribution < -0.4 is 14.8 Å². The Morgan fingerprint density at radius 2 is 1.87 bits per heavy atom. The summed E-state index contributed by atoms with van der Waals surface area (Å²) < 4.78 is 46.6. The maximum absolute atomic E-state index is 14.5. The lowest BCUT2D eigenvalue weighted by Gasteiger charge is -2.35. The van der Waals surface area contributed by atoms with Crippen LogP contribution in [-0.4, -0.2) is 77.0 Å². The topological polar surface area (TPSA) is 120 Å². The molecule has 6 rings (SSSR count). The fourth-order valence-corrected chi connectivity index (χ4v) is 7.56. The number of rotatable bonds is 2. The van der Waals surface area contributed by atoms with Crippen molar-refractivity contribution < 1.29 is 37.4 Å². The highest BCUT2D eigenvalue weighted by Crippen LogP contribution is 2.68. The lowest BCUT2D eigenvalue weighted by molar-refractivity contribution is -0.139. The van der Waals surface area contributed by atoms with Crippen molar-refractivity contribution in [1.82, 2.24) is 20.2 Å². The number of aldehydes is 1. The number of ether oxygens (including phenoxy) is 3. The molecule has 2 bridgehead atoms. The van der Waals surface area contributed by atoms with E-state index in [1.165, 1.54) is 4.90 Å². The van der Waals surface area contributed by atoms with Gasteiger partial charge >= 0.3 is 6.09 Å². The number of hydrogen-bond acceptors (Lipinski definition) is 8. The lowest BCUT2D eigenvalue weighted by atomic mass is 9.85. The second-order valence-electron chi connectivity index (χ2n) is 14.2. The molecule has 1 aromatic carbocycles. The van der Waals surface area contributed by atoms with E-state index in [0.29, 0.717) is 47.6 Å². The minimum atomic E-state index is -2.73. The van der Waals surface area contributed by atoms with Gasteiger partial charge in [-0.1, -0.05) is 40.5 Å². The highest BCUT2D eigenvalue weighted by Gasteiger charge is 2.76. The third-order valence-corrected chi connectivity index (χ3v) is 10.2. The van der Waals surface area contributed by atoms with E-state index in [2.05, 4.69) is 5.32 Å². The summed E-state index contributed by atoms with van der Waals surface area (Å²) in [5, 5.41) is 2.73. The number of aryl methyl sites for hydroxylation is 1. The van der Waals surface area contributed by atoms with E-state index in [4.69, 9.17) is 24.2 Å². The van der Waals surface area contributed by atoms with Gasteiger partial charge in [0, 0.05) is 29.7 Å². The quantitative estimate of drug-likeness (QED) is 0.464. The van der Waals surface area contributed by atoms with Gasteiger partial charge in [0.25, 0.3) is 5.92 Å². The predicted octanol–water partition coefficient (Wildman–Crippen LogP) is 4.96. The minimum Gasteiger partial charge on any atom is -0.497 e. The van der Waals surface area contributed by atoms with Crippen molar-refractivity contribution in [3.8, 4) is 11.6 Å². The van der Waals surface area contributed by atoms with Gasteiger partial charge in [-0.2, -0.15) is 0 Å². The van der Waals surface area contributed by atoms with Crippen molar-refractivity contribution in [2.24, 2.45) is 29.1 Å². The Kier molecular flexibility index (Phi) is 8.14. The molecule has 1 saturated heterocycles. The number of alkyl carbamates (subject to hydrolysis) is 1. The first-order valence-corrected chi connectivity index (χ1v) is 16.0. The van der Waals surface area contributed by atoms with Crippen molar-refractivity contribution >= 4 is 29.3 Å². The first-order valence-electron chi connectivity index (χ1n) is 16.0. The molecule has 1 aromatic heterocycles. The van der Waals surface area contributed by atoms with Gasteiger partial charge in [0.05, 0.1) is 30.7 Å². The molecule has 0 spiro atoms. The van der Waals surface area contributed by atoms with Crippen LogP contribution in [0.2, 0.25) is 0 Å². The summed E-state index contributed by atoms with van der Waals surface area (Å²) in [4.78, 5) is 50.8. The molecule has 1 N–H and O–H groups in total. The lowest BCUT2D eigenvalue weighted by Crippen LogP contribution is -2.56. The van der Waals surface area contributed by atoms with Crippen LogP contribution in [0.25, 0.3) is 11.0 Å². The molecule has 2 aromatic rings. The van der Waals surface area contributed by atoms with Gasteiger partial charge in [-0.15, -0.1) is 0 Å². The first kappa shape index (κ1) is 31.4. The monoisotopic (exact) mass is 628 g/mol. The largest absolute Gasteiger partial charge is 0.497 e. The second-order valence-corrected chi connectivity index (χ2v) is 14.2. The van der Waals surface area contributed by atoms with Gasteiger partial charge in [0.1, 0.15) is 36.0 Å². The number of alkyl halides is 2. The third-order valence-electron chi connectivity index (χ3n) is 10.2. The van der Waals surface area contributed by atoms with E-state index in [9.17, 15) is 23.2 Å². The molecule has 2 saturated carbocycles. The van der Waals surface area contributed by atoms with Crippen LogP contribution in [0.4, 0.5) is 13.6 Å². The number of nitrogens with one attached hydrogen (secondary N) is 1. The van der Waals surface area contributed by atoms with E-state index in [-0.39, 0.29) is 18.9 Å². The van der Waals surface area contributed by atoms with Crippen LogP contribution in [0.5, 0.6) is 11.6 Å². The number of nitrogens with zero attached hydrogens (tertiary/aromatic N) is 3. The highest BCUT2D eigenvalue weighted by molar-refractivity contribution is 5.89. The number of methoxy groups -OCH3 is 1. The molecule has 2 aliphatic carbocycles. The number of carbonyl (C=O) groups excluding carboxylic acids is 3. The molecule has 10 nitrogen and oxygen atoms in total. The average molecular weight is 629 g/mol. The molecule has 45 heavy (non-hydrogen) atoms. The number of carbonyl (C=O) groups is 3. The minimum absolute atomic E-state index is 0.104. The fraction of sp³-hybridized carbons (Fsp3) is 0.667. The van der Waals surface area contributed by atoms with Crippen LogP contribution in [0.3, 0.4) is 0 Å². The van der Waals surface area contributed by atoms with Crippen molar-refractivity contribution in [2.45, 2.75) is 96.4 Å². The number of aromatic nitrogens is 2. The summed E-state index contributed by atoms with van der Waals surface area (Å²) in [7, 11) is 1.57. The Balaban J connectivity index is 1.35. The van der Waals surface area contributed by atoms with Gasteiger partial charge in [0.15, 0.2) is 0 Å². The van der Waals surface area contributed by atoms with Crippen molar-refractivity contribution in [3.63, 3.8) is 0 Å². The van der Waals surface area contributed by atoms with Crippen LogP contribution in [0, 0.1) is 29.1 Å². The number of halogens is 2. The Bertz CT molecular complexity index is 1480. The summed E-state index contributed by atoms with van der Waals surface area (Å²) in [5.74, 6) is -4.61. The zero-order chi connectivity index (χ0) is 32.3. The summed E-state index contributed by atoms with van der Waals surface area (Å²) >= 11 is 0. The summed E-state index contributed by atoms with van der Waals surface area (Å²) in [5.41, 5.74) is 1.18. The van der Waals surface area contributed by atoms with Crippen molar-refractivity contribution in [3.05, 3.63) is 23.9 Å². The van der Waals surface area contributed by atoms with Crippen LogP contribution in [0.1, 0.15) is 65.5 Å². The molecule has 2 aliphatic heterocycles. The standard InChI is InChI=1S/C33H42F2N4O6/c1-17-24(16-40)39-15-26(17)44-29-22(36-21-12-11-18(43-5)13-23(21)37-29)10-8-6-7-9-19-25(14-20-27(19)33(20,34)35)45-31(42)38-28(30(39)41)32(2,3)4/h11-13,16-17,19-20,24-28H,6-10,14-15H2,1-5H3,(H,38,42)/t17-,19-,20?,24+,25+,26-,27?,28+/m0/s1. The SMILES string of the molecule is COc1ccc2nc3c(nc2c1)O[C@H]1CN(C(=O)[C@H](C(C)(C)C)NC(=O)O[C@@H]2CC4C([C@H]2CCCCC3)C4(F)F)[C@H](C=O)[C@@H]1C. The number of benzene rings is 1. The summed E-state index contributed by atoms with van der Waals surface area (Å²) in [6, 6.07) is 3.60.